The van der Waals surface area contributed by atoms with Crippen molar-refractivity contribution in [2.45, 2.75) is 33.2 Å². The lowest BCUT2D eigenvalue weighted by molar-refractivity contribution is -0.121. The third-order valence-corrected chi connectivity index (χ3v) is 4.66. The van der Waals surface area contributed by atoms with E-state index in [0.717, 1.165) is 11.1 Å². The Hall–Kier alpha value is -3.35. The fourth-order valence-corrected chi connectivity index (χ4v) is 3.43. The molecule has 1 fully saturated rings. The largest absolute Gasteiger partial charge is 0.495 e. The maximum atomic E-state index is 13.0. The van der Waals surface area contributed by atoms with Crippen molar-refractivity contribution in [1.29, 1.82) is 0 Å². The first-order valence-corrected chi connectivity index (χ1v) is 8.97. The van der Waals surface area contributed by atoms with Gasteiger partial charge in [0.2, 0.25) is 11.8 Å². The van der Waals surface area contributed by atoms with Crippen molar-refractivity contribution >= 4 is 34.8 Å². The summed E-state index contributed by atoms with van der Waals surface area (Å²) in [6, 6.07) is 10.0. The van der Waals surface area contributed by atoms with E-state index in [2.05, 4.69) is 10.6 Å². The van der Waals surface area contributed by atoms with E-state index in [1.54, 1.807) is 18.2 Å². The number of nitrogens with one attached hydrogen (secondary N) is 2. The zero-order valence-electron chi connectivity index (χ0n) is 16.3. The molecule has 3 amide bonds. The molecule has 1 atom stereocenters. The highest BCUT2D eigenvalue weighted by Gasteiger charge is 2.41. The van der Waals surface area contributed by atoms with E-state index < -0.39 is 6.04 Å². The average molecular weight is 381 g/mol. The van der Waals surface area contributed by atoms with E-state index in [1.165, 1.54) is 18.9 Å². The monoisotopic (exact) mass is 381 g/mol. The van der Waals surface area contributed by atoms with Gasteiger partial charge in [-0.25, -0.2) is 4.90 Å². The van der Waals surface area contributed by atoms with Crippen LogP contribution in [0.5, 0.6) is 5.75 Å². The van der Waals surface area contributed by atoms with Crippen molar-refractivity contribution in [2.24, 2.45) is 0 Å². The van der Waals surface area contributed by atoms with Crippen molar-refractivity contribution in [3.63, 3.8) is 0 Å². The summed E-state index contributed by atoms with van der Waals surface area (Å²) in [5, 5.41) is 5.80. The van der Waals surface area contributed by atoms with Gasteiger partial charge in [0.1, 0.15) is 11.8 Å². The normalized spacial score (nSPS) is 16.3. The number of anilines is 3. The first kappa shape index (κ1) is 19.4. The van der Waals surface area contributed by atoms with Crippen LogP contribution in [0.3, 0.4) is 0 Å². The second kappa shape index (κ2) is 7.72. The number of nitrogens with zero attached hydrogens (tertiary/aromatic N) is 1. The van der Waals surface area contributed by atoms with Crippen molar-refractivity contribution < 1.29 is 19.1 Å². The van der Waals surface area contributed by atoms with Crippen LogP contribution in [-0.2, 0) is 14.4 Å². The quantitative estimate of drug-likeness (QED) is 0.778. The Morgan fingerprint density at radius 3 is 2.43 bits per heavy atom. The number of carbonyl (C=O) groups excluding carboxylic acids is 3. The number of hydrogen-bond donors (Lipinski definition) is 2. The molecule has 2 N–H and O–H groups in total. The van der Waals surface area contributed by atoms with Crippen LogP contribution in [0.15, 0.2) is 36.4 Å². The van der Waals surface area contributed by atoms with Crippen LogP contribution in [0.4, 0.5) is 17.1 Å². The molecule has 1 heterocycles. The van der Waals surface area contributed by atoms with E-state index in [4.69, 9.17) is 4.74 Å². The van der Waals surface area contributed by atoms with E-state index in [9.17, 15) is 14.4 Å². The number of hydrogen-bond acceptors (Lipinski definition) is 5. The molecule has 2 aromatic carbocycles. The van der Waals surface area contributed by atoms with Gasteiger partial charge in [0.05, 0.1) is 24.9 Å². The van der Waals surface area contributed by atoms with Crippen molar-refractivity contribution in [1.82, 2.24) is 0 Å². The summed E-state index contributed by atoms with van der Waals surface area (Å²) >= 11 is 0. The molecule has 2 aromatic rings. The highest BCUT2D eigenvalue weighted by molar-refractivity contribution is 6.23. The van der Waals surface area contributed by atoms with Crippen LogP contribution in [0, 0.1) is 13.8 Å². The van der Waals surface area contributed by atoms with Gasteiger partial charge in [-0.2, -0.15) is 0 Å². The van der Waals surface area contributed by atoms with E-state index in [-0.39, 0.29) is 24.1 Å². The van der Waals surface area contributed by atoms with Gasteiger partial charge in [-0.05, 0) is 43.2 Å². The average Bonchev–Trinajstić information content (AvgIpc) is 2.89. The molecule has 3 rings (SSSR count). The van der Waals surface area contributed by atoms with E-state index in [0.29, 0.717) is 22.8 Å². The maximum absolute atomic E-state index is 13.0. The van der Waals surface area contributed by atoms with Crippen LogP contribution < -0.4 is 20.3 Å². The minimum absolute atomic E-state index is 0.0418. The SMILES string of the molecule is COc1ccc(NC(C)=O)cc1N[C@H]1CC(=O)N(c2c(C)cccc2C)C1=O. The molecule has 7 nitrogen and oxygen atoms in total. The lowest BCUT2D eigenvalue weighted by atomic mass is 10.1. The predicted octanol–water partition coefficient (Wildman–Crippen LogP) is 3.01. The Kier molecular flexibility index (Phi) is 5.35. The molecule has 0 radical (unpaired) electrons. The van der Waals surface area contributed by atoms with Gasteiger partial charge in [0, 0.05) is 12.6 Å². The molecule has 1 aliphatic heterocycles. The molecule has 0 aromatic heterocycles. The Morgan fingerprint density at radius 1 is 1.14 bits per heavy atom. The van der Waals surface area contributed by atoms with Gasteiger partial charge in [0.15, 0.2) is 0 Å². The smallest absolute Gasteiger partial charge is 0.256 e. The lowest BCUT2D eigenvalue weighted by Gasteiger charge is -2.21. The van der Waals surface area contributed by atoms with Crippen LogP contribution in [0.2, 0.25) is 0 Å². The summed E-state index contributed by atoms with van der Waals surface area (Å²) in [5.41, 5.74) is 3.48. The minimum Gasteiger partial charge on any atom is -0.495 e. The Balaban J connectivity index is 1.89. The number of rotatable bonds is 5. The Bertz CT molecular complexity index is 934. The van der Waals surface area contributed by atoms with Gasteiger partial charge >= 0.3 is 0 Å². The van der Waals surface area contributed by atoms with E-state index in [1.807, 2.05) is 32.0 Å². The molecular formula is C21H23N3O4. The molecule has 0 unspecified atom stereocenters. The summed E-state index contributed by atoms with van der Waals surface area (Å²) in [6.45, 7) is 5.17. The number of imide groups is 1. The van der Waals surface area contributed by atoms with Gasteiger partial charge < -0.3 is 15.4 Å². The second-order valence-electron chi connectivity index (χ2n) is 6.81. The van der Waals surface area contributed by atoms with Crippen molar-refractivity contribution in [3.05, 3.63) is 47.5 Å². The molecular weight excluding hydrogens is 358 g/mol. The maximum Gasteiger partial charge on any atom is 0.256 e. The standard InChI is InChI=1S/C21H23N3O4/c1-12-6-5-7-13(2)20(12)24-19(26)11-17(21(24)27)23-16-10-15(22-14(3)25)8-9-18(16)28-4/h5-10,17,23H,11H2,1-4H3,(H,22,25)/t17-/m0/s1. The van der Waals surface area contributed by atoms with Crippen LogP contribution >= 0.6 is 0 Å². The number of para-hydroxylation sites is 1. The number of methoxy groups -OCH3 is 1. The zero-order valence-corrected chi connectivity index (χ0v) is 16.3. The summed E-state index contributed by atoms with van der Waals surface area (Å²) < 4.78 is 5.34. The highest BCUT2D eigenvalue weighted by atomic mass is 16.5. The third-order valence-electron chi connectivity index (χ3n) is 4.66. The van der Waals surface area contributed by atoms with Crippen molar-refractivity contribution in [2.75, 3.05) is 22.6 Å². The predicted molar refractivity (Wildman–Crippen MR) is 108 cm³/mol. The summed E-state index contributed by atoms with van der Waals surface area (Å²) in [6.07, 6.45) is 0.0418. The second-order valence-corrected chi connectivity index (χ2v) is 6.81. The summed E-state index contributed by atoms with van der Waals surface area (Å²) in [5.74, 6) is -0.254. The zero-order chi connectivity index (χ0) is 20.4. The van der Waals surface area contributed by atoms with Crippen molar-refractivity contribution in [3.8, 4) is 5.75 Å². The topological polar surface area (TPSA) is 87.7 Å². The Labute approximate surface area is 163 Å². The van der Waals surface area contributed by atoms with Crippen LogP contribution in [0.1, 0.15) is 24.5 Å². The fourth-order valence-electron chi connectivity index (χ4n) is 3.43. The van der Waals surface area contributed by atoms with Gasteiger partial charge in [-0.3, -0.25) is 14.4 Å². The Morgan fingerprint density at radius 2 is 1.82 bits per heavy atom. The van der Waals surface area contributed by atoms with Gasteiger partial charge in [-0.1, -0.05) is 18.2 Å². The molecule has 28 heavy (non-hydrogen) atoms. The highest BCUT2D eigenvalue weighted by Crippen LogP contribution is 2.33. The molecule has 0 saturated carbocycles. The first-order valence-electron chi connectivity index (χ1n) is 8.97. The summed E-state index contributed by atoms with van der Waals surface area (Å²) in [7, 11) is 1.52. The molecule has 1 aliphatic rings. The van der Waals surface area contributed by atoms with Gasteiger partial charge in [0.25, 0.3) is 5.91 Å². The minimum atomic E-state index is -0.715. The molecule has 0 aliphatic carbocycles. The lowest BCUT2D eigenvalue weighted by Crippen LogP contribution is -2.35. The molecule has 7 heteroatoms. The first-order chi connectivity index (χ1) is 13.3. The van der Waals surface area contributed by atoms with Gasteiger partial charge in [-0.15, -0.1) is 0 Å². The van der Waals surface area contributed by atoms with E-state index >= 15 is 0 Å². The molecule has 0 bridgehead atoms. The number of ether oxygens (including phenoxy) is 1. The molecule has 1 saturated heterocycles. The summed E-state index contributed by atoms with van der Waals surface area (Å²) in [4.78, 5) is 38.2. The number of benzene rings is 2. The van der Waals surface area contributed by atoms with Crippen LogP contribution in [0.25, 0.3) is 0 Å². The fraction of sp³-hybridized carbons (Fsp3) is 0.286. The van der Waals surface area contributed by atoms with Crippen LogP contribution in [-0.4, -0.2) is 30.9 Å². The number of aryl methyl sites for hydroxylation is 2. The third kappa shape index (κ3) is 3.69. The molecule has 146 valence electrons. The number of carbonyl (C=O) groups is 3. The number of amides is 3. The molecule has 0 spiro atoms.